The Hall–Kier alpha value is -2.92. The van der Waals surface area contributed by atoms with Crippen molar-refractivity contribution < 1.29 is 17.9 Å². The van der Waals surface area contributed by atoms with E-state index in [2.05, 4.69) is 4.98 Å². The summed E-state index contributed by atoms with van der Waals surface area (Å²) < 4.78 is 31.4. The van der Waals surface area contributed by atoms with E-state index >= 15 is 0 Å². The molecule has 1 aromatic heterocycles. The third-order valence-electron chi connectivity index (χ3n) is 4.72. The number of aromatic nitrogens is 2. The lowest BCUT2D eigenvalue weighted by atomic mass is 10.2. The largest absolute Gasteiger partial charge is 0.383 e. The highest BCUT2D eigenvalue weighted by atomic mass is 32.2. The number of nitrogens with zero attached hydrogens (tertiary/aromatic N) is 2. The summed E-state index contributed by atoms with van der Waals surface area (Å²) in [4.78, 5) is 40.9. The lowest BCUT2D eigenvalue weighted by molar-refractivity contribution is -0.118. The van der Waals surface area contributed by atoms with Crippen LogP contribution in [0.15, 0.2) is 38.8 Å². The number of sulfone groups is 1. The molecule has 0 radical (unpaired) electrons. The monoisotopic (exact) mass is 452 g/mol. The maximum absolute atomic E-state index is 13.0. The van der Waals surface area contributed by atoms with E-state index in [-0.39, 0.29) is 42.5 Å². The number of aryl methyl sites for hydroxylation is 1. The van der Waals surface area contributed by atoms with Crippen LogP contribution in [0, 0.1) is 6.92 Å². The number of anilines is 2. The topological polar surface area (TPSA) is 145 Å². The number of amides is 1. The summed E-state index contributed by atoms with van der Waals surface area (Å²) in [6.45, 7) is 3.98. The Balaban J connectivity index is 2.35. The van der Waals surface area contributed by atoms with Gasteiger partial charge in [-0.3, -0.25) is 19.1 Å². The van der Waals surface area contributed by atoms with Crippen molar-refractivity contribution in [2.45, 2.75) is 38.1 Å². The van der Waals surface area contributed by atoms with Crippen LogP contribution in [0.3, 0.4) is 0 Å². The van der Waals surface area contributed by atoms with Crippen LogP contribution in [-0.4, -0.2) is 49.9 Å². The quantitative estimate of drug-likeness (QED) is 0.539. The van der Waals surface area contributed by atoms with Gasteiger partial charge < -0.3 is 15.4 Å². The number of hydrogen-bond acceptors (Lipinski definition) is 7. The molecule has 2 rings (SSSR count). The fourth-order valence-corrected chi connectivity index (χ4v) is 4.28. The first-order valence-electron chi connectivity index (χ1n) is 9.83. The van der Waals surface area contributed by atoms with Crippen molar-refractivity contribution >= 4 is 27.2 Å². The van der Waals surface area contributed by atoms with Crippen molar-refractivity contribution in [1.29, 1.82) is 0 Å². The molecule has 0 unspecified atom stereocenters. The van der Waals surface area contributed by atoms with Crippen molar-refractivity contribution in [3.05, 3.63) is 50.7 Å². The summed E-state index contributed by atoms with van der Waals surface area (Å²) in [5.41, 5.74) is 5.29. The first kappa shape index (κ1) is 24.4. The Bertz CT molecular complexity index is 1140. The molecule has 10 nitrogen and oxygen atoms in total. The number of carbonyl (C=O) groups is 1. The van der Waals surface area contributed by atoms with Gasteiger partial charge in [0.15, 0.2) is 15.5 Å². The summed E-state index contributed by atoms with van der Waals surface area (Å²) in [5.74, 6) is -1.21. The van der Waals surface area contributed by atoms with Crippen LogP contribution in [0.25, 0.3) is 0 Å². The number of nitrogens with one attached hydrogen (secondary N) is 1. The molecule has 0 aliphatic rings. The average Bonchev–Trinajstić information content (AvgIpc) is 2.72. The predicted molar refractivity (Wildman–Crippen MR) is 118 cm³/mol. The van der Waals surface area contributed by atoms with Gasteiger partial charge in [-0.1, -0.05) is 24.6 Å². The van der Waals surface area contributed by atoms with E-state index in [1.165, 1.54) is 23.8 Å². The van der Waals surface area contributed by atoms with E-state index in [4.69, 9.17) is 10.5 Å². The van der Waals surface area contributed by atoms with Gasteiger partial charge in [0.1, 0.15) is 5.82 Å². The van der Waals surface area contributed by atoms with Gasteiger partial charge in [0.2, 0.25) is 5.91 Å². The summed E-state index contributed by atoms with van der Waals surface area (Å²) >= 11 is 0. The number of methoxy groups -OCH3 is 1. The number of benzene rings is 1. The third-order valence-corrected chi connectivity index (χ3v) is 6.45. The molecule has 11 heteroatoms. The highest BCUT2D eigenvalue weighted by Crippen LogP contribution is 2.19. The minimum absolute atomic E-state index is 0.0302. The molecular weight excluding hydrogens is 424 g/mol. The van der Waals surface area contributed by atoms with Gasteiger partial charge in [-0.15, -0.1) is 0 Å². The molecule has 0 saturated heterocycles. The van der Waals surface area contributed by atoms with Crippen molar-refractivity contribution in [2.75, 3.05) is 36.6 Å². The number of nitrogens with two attached hydrogens (primary N) is 1. The average molecular weight is 453 g/mol. The SMILES string of the molecule is CCCn1c(N)c(N(CCOC)C(=O)CCS(=O)(=O)c2ccc(C)cc2)c(=O)[nH]c1=O. The molecule has 31 heavy (non-hydrogen) atoms. The summed E-state index contributed by atoms with van der Waals surface area (Å²) in [6, 6.07) is 6.33. The van der Waals surface area contributed by atoms with Crippen LogP contribution in [0.2, 0.25) is 0 Å². The van der Waals surface area contributed by atoms with Crippen molar-refractivity contribution in [3.63, 3.8) is 0 Å². The molecule has 0 bridgehead atoms. The van der Waals surface area contributed by atoms with Crippen molar-refractivity contribution in [3.8, 4) is 0 Å². The fraction of sp³-hybridized carbons (Fsp3) is 0.450. The number of hydrogen-bond donors (Lipinski definition) is 2. The molecule has 2 aromatic rings. The Labute approximate surface area is 180 Å². The minimum atomic E-state index is -3.70. The molecule has 3 N–H and O–H groups in total. The maximum atomic E-state index is 13.0. The molecule has 0 saturated carbocycles. The normalized spacial score (nSPS) is 11.5. The lowest BCUT2D eigenvalue weighted by Crippen LogP contribution is -2.43. The Morgan fingerprint density at radius 2 is 1.87 bits per heavy atom. The second kappa shape index (κ2) is 10.4. The Morgan fingerprint density at radius 1 is 1.23 bits per heavy atom. The zero-order chi connectivity index (χ0) is 23.2. The smallest absolute Gasteiger partial charge is 0.330 e. The first-order chi connectivity index (χ1) is 14.6. The van der Waals surface area contributed by atoms with E-state index in [0.29, 0.717) is 6.42 Å². The molecule has 1 heterocycles. The van der Waals surface area contributed by atoms with Crippen LogP contribution >= 0.6 is 0 Å². The van der Waals surface area contributed by atoms with Crippen LogP contribution in [0.1, 0.15) is 25.3 Å². The molecule has 0 atom stereocenters. The van der Waals surface area contributed by atoms with Crippen LogP contribution in [0.5, 0.6) is 0 Å². The summed E-state index contributed by atoms with van der Waals surface area (Å²) in [7, 11) is -2.28. The zero-order valence-corrected chi connectivity index (χ0v) is 18.7. The first-order valence-corrected chi connectivity index (χ1v) is 11.5. The van der Waals surface area contributed by atoms with Crippen molar-refractivity contribution in [2.24, 2.45) is 0 Å². The molecule has 0 aliphatic heterocycles. The van der Waals surface area contributed by atoms with E-state index in [0.717, 1.165) is 10.5 Å². The lowest BCUT2D eigenvalue weighted by Gasteiger charge is -2.24. The van der Waals surface area contributed by atoms with Crippen LogP contribution < -0.4 is 21.9 Å². The van der Waals surface area contributed by atoms with Crippen LogP contribution in [-0.2, 0) is 25.9 Å². The molecule has 0 aliphatic carbocycles. The highest BCUT2D eigenvalue weighted by molar-refractivity contribution is 7.91. The number of carbonyl (C=O) groups excluding carboxylic acids is 1. The Morgan fingerprint density at radius 3 is 2.45 bits per heavy atom. The van der Waals surface area contributed by atoms with E-state index < -0.39 is 32.7 Å². The van der Waals surface area contributed by atoms with Gasteiger partial charge in [-0.05, 0) is 25.5 Å². The minimum Gasteiger partial charge on any atom is -0.383 e. The van der Waals surface area contributed by atoms with Gasteiger partial charge in [-0.2, -0.15) is 0 Å². The summed E-state index contributed by atoms with van der Waals surface area (Å²) in [5, 5.41) is 0. The molecular formula is C20H28N4O6S. The van der Waals surface area contributed by atoms with E-state index in [1.807, 2.05) is 13.8 Å². The standard InChI is InChI=1S/C20H28N4O6S/c1-4-10-24-18(21)17(19(26)22-20(24)27)23(11-12-30-3)16(25)9-13-31(28,29)15-7-5-14(2)6-8-15/h5-8H,4,9-13,21H2,1-3H3,(H,22,26,27). The zero-order valence-electron chi connectivity index (χ0n) is 17.9. The molecule has 1 aromatic carbocycles. The highest BCUT2D eigenvalue weighted by Gasteiger charge is 2.26. The second-order valence-electron chi connectivity index (χ2n) is 7.06. The van der Waals surface area contributed by atoms with Gasteiger partial charge in [-0.25, -0.2) is 13.2 Å². The third kappa shape index (κ3) is 5.82. The fourth-order valence-electron chi connectivity index (χ4n) is 3.05. The second-order valence-corrected chi connectivity index (χ2v) is 9.17. The number of ether oxygens (including phenoxy) is 1. The number of H-pyrrole nitrogens is 1. The molecule has 1 amide bonds. The van der Waals surface area contributed by atoms with Crippen LogP contribution in [0.4, 0.5) is 11.5 Å². The van der Waals surface area contributed by atoms with E-state index in [9.17, 15) is 22.8 Å². The number of nitrogen functional groups attached to an aromatic ring is 1. The van der Waals surface area contributed by atoms with Gasteiger partial charge in [0.25, 0.3) is 5.56 Å². The predicted octanol–water partition coefficient (Wildman–Crippen LogP) is 0.681. The number of rotatable bonds is 10. The molecule has 0 fully saturated rings. The van der Waals surface area contributed by atoms with Gasteiger partial charge in [0.05, 0.1) is 17.3 Å². The van der Waals surface area contributed by atoms with Gasteiger partial charge in [0, 0.05) is 26.6 Å². The molecule has 0 spiro atoms. The van der Waals surface area contributed by atoms with Gasteiger partial charge >= 0.3 is 5.69 Å². The van der Waals surface area contributed by atoms with E-state index in [1.54, 1.807) is 12.1 Å². The maximum Gasteiger partial charge on any atom is 0.330 e. The molecule has 170 valence electrons. The summed E-state index contributed by atoms with van der Waals surface area (Å²) in [6.07, 6.45) is 0.210. The Kier molecular flexibility index (Phi) is 8.17. The van der Waals surface area contributed by atoms with Crippen molar-refractivity contribution in [1.82, 2.24) is 9.55 Å². The number of aromatic amines is 1.